The second-order valence-electron chi connectivity index (χ2n) is 6.66. The lowest BCUT2D eigenvalue weighted by atomic mass is 10.2. The lowest BCUT2D eigenvalue weighted by molar-refractivity contribution is -0.385. The molecule has 0 radical (unpaired) electrons. The number of nitro benzene ring substituents is 1. The summed E-state index contributed by atoms with van der Waals surface area (Å²) in [5, 5.41) is 17.6. The van der Waals surface area contributed by atoms with Crippen LogP contribution < -0.4 is 10.6 Å². The molecule has 0 saturated carbocycles. The molecule has 1 heterocycles. The minimum atomic E-state index is -0.372. The van der Waals surface area contributed by atoms with Crippen molar-refractivity contribution in [1.29, 1.82) is 0 Å². The molecule has 0 aliphatic heterocycles. The van der Waals surface area contributed by atoms with E-state index in [0.29, 0.717) is 18.1 Å². The molecule has 0 saturated heterocycles. The maximum Gasteiger partial charge on any atom is 0.274 e. The number of nitrogens with zero attached hydrogens (tertiary/aromatic N) is 4. The minimum absolute atomic E-state index is 0.0922. The molecule has 3 rings (SSSR count). The number of imidazole rings is 1. The summed E-state index contributed by atoms with van der Waals surface area (Å²) in [6.45, 7) is 6.55. The summed E-state index contributed by atoms with van der Waals surface area (Å²) in [4.78, 5) is 19.9. The van der Waals surface area contributed by atoms with Gasteiger partial charge in [0.25, 0.3) is 5.69 Å². The topological polar surface area (TPSA) is 97.4 Å². The molecule has 8 nitrogen and oxygen atoms in total. The molecule has 0 bridgehead atoms. The van der Waals surface area contributed by atoms with Crippen LogP contribution in [0.3, 0.4) is 0 Å². The number of hydrogen-bond donors (Lipinski definition) is 2. The molecule has 0 unspecified atom stereocenters. The predicted octanol–water partition coefficient (Wildman–Crippen LogP) is 3.40. The Morgan fingerprint density at radius 3 is 2.72 bits per heavy atom. The first-order valence-corrected chi connectivity index (χ1v) is 9.76. The molecule has 1 aromatic heterocycles. The molecule has 2 aromatic carbocycles. The third kappa shape index (κ3) is 5.10. The quantitative estimate of drug-likeness (QED) is 0.201. The van der Waals surface area contributed by atoms with Gasteiger partial charge in [0.05, 0.1) is 28.1 Å². The number of hydrogen-bond acceptors (Lipinski definition) is 4. The highest BCUT2D eigenvalue weighted by Gasteiger charge is 2.12. The van der Waals surface area contributed by atoms with Crippen molar-refractivity contribution in [3.05, 3.63) is 70.0 Å². The second-order valence-corrected chi connectivity index (χ2v) is 6.66. The number of aromatic nitrogens is 2. The van der Waals surface area contributed by atoms with E-state index in [1.165, 1.54) is 6.07 Å². The summed E-state index contributed by atoms with van der Waals surface area (Å²) in [7, 11) is 0. The highest BCUT2D eigenvalue weighted by Crippen LogP contribution is 2.18. The van der Waals surface area contributed by atoms with Crippen molar-refractivity contribution >= 4 is 22.7 Å². The van der Waals surface area contributed by atoms with Crippen molar-refractivity contribution in [2.24, 2.45) is 4.99 Å². The number of guanidine groups is 1. The Balaban J connectivity index is 1.59. The summed E-state index contributed by atoms with van der Waals surface area (Å²) >= 11 is 0. The summed E-state index contributed by atoms with van der Waals surface area (Å²) in [5.41, 5.74) is 2.84. The van der Waals surface area contributed by atoms with Gasteiger partial charge in [-0.2, -0.15) is 0 Å². The standard InChI is InChI=1S/C21H26N6O2/c1-3-22-21(24-15-17-9-4-6-11-19(17)27(28)29)23-13-8-14-26-16(2)25-18-10-5-7-12-20(18)26/h4-7,9-12H,3,8,13-15H2,1-2H3,(H2,22,23,24). The van der Waals surface area contributed by atoms with E-state index in [1.807, 2.05) is 32.0 Å². The second kappa shape index (κ2) is 9.68. The average molecular weight is 394 g/mol. The predicted molar refractivity (Wildman–Crippen MR) is 115 cm³/mol. The van der Waals surface area contributed by atoms with Crippen molar-refractivity contribution < 1.29 is 4.92 Å². The number of nitrogens with one attached hydrogen (secondary N) is 2. The molecule has 0 fully saturated rings. The van der Waals surface area contributed by atoms with E-state index in [1.54, 1.807) is 18.2 Å². The van der Waals surface area contributed by atoms with E-state index in [2.05, 4.69) is 31.2 Å². The van der Waals surface area contributed by atoms with Crippen molar-refractivity contribution in [3.8, 4) is 0 Å². The Bertz CT molecular complexity index is 1010. The van der Waals surface area contributed by atoms with E-state index in [0.717, 1.165) is 36.4 Å². The Hall–Kier alpha value is -3.42. The Morgan fingerprint density at radius 2 is 1.93 bits per heavy atom. The number of rotatable bonds is 8. The zero-order chi connectivity index (χ0) is 20.6. The van der Waals surface area contributed by atoms with Crippen LogP contribution in [0.4, 0.5) is 5.69 Å². The first-order chi connectivity index (χ1) is 14.1. The number of fused-ring (bicyclic) bond motifs is 1. The molecule has 152 valence electrons. The monoisotopic (exact) mass is 394 g/mol. The van der Waals surface area contributed by atoms with E-state index < -0.39 is 0 Å². The van der Waals surface area contributed by atoms with E-state index in [9.17, 15) is 10.1 Å². The summed E-state index contributed by atoms with van der Waals surface area (Å²) in [6, 6.07) is 14.8. The Morgan fingerprint density at radius 1 is 1.17 bits per heavy atom. The third-order valence-electron chi connectivity index (χ3n) is 4.64. The fourth-order valence-corrected chi connectivity index (χ4v) is 3.25. The molecule has 8 heteroatoms. The normalized spacial score (nSPS) is 11.6. The van der Waals surface area contributed by atoms with Gasteiger partial charge >= 0.3 is 0 Å². The van der Waals surface area contributed by atoms with Gasteiger partial charge in [-0.1, -0.05) is 30.3 Å². The largest absolute Gasteiger partial charge is 0.357 e. The number of aryl methyl sites for hydroxylation is 2. The van der Waals surface area contributed by atoms with Crippen LogP contribution in [0, 0.1) is 17.0 Å². The average Bonchev–Trinajstić information content (AvgIpc) is 3.04. The zero-order valence-electron chi connectivity index (χ0n) is 16.8. The fraction of sp³-hybridized carbons (Fsp3) is 0.333. The van der Waals surface area contributed by atoms with Crippen LogP contribution in [0.1, 0.15) is 24.7 Å². The van der Waals surface area contributed by atoms with Gasteiger partial charge in [-0.25, -0.2) is 9.98 Å². The van der Waals surface area contributed by atoms with Gasteiger partial charge in [0.2, 0.25) is 0 Å². The van der Waals surface area contributed by atoms with Gasteiger partial charge in [-0.3, -0.25) is 10.1 Å². The van der Waals surface area contributed by atoms with Crippen LogP contribution in [0.5, 0.6) is 0 Å². The summed E-state index contributed by atoms with van der Waals surface area (Å²) in [6.07, 6.45) is 0.900. The molecular weight excluding hydrogens is 368 g/mol. The summed E-state index contributed by atoms with van der Waals surface area (Å²) in [5.74, 6) is 1.65. The molecule has 2 N–H and O–H groups in total. The lowest BCUT2D eigenvalue weighted by Crippen LogP contribution is -2.38. The number of nitro groups is 1. The van der Waals surface area contributed by atoms with Gasteiger partial charge in [-0.05, 0) is 32.4 Å². The van der Waals surface area contributed by atoms with Crippen molar-refractivity contribution in [2.75, 3.05) is 13.1 Å². The Kier molecular flexibility index (Phi) is 6.78. The molecule has 0 atom stereocenters. The maximum absolute atomic E-state index is 11.2. The highest BCUT2D eigenvalue weighted by molar-refractivity contribution is 5.79. The van der Waals surface area contributed by atoms with Gasteiger partial charge in [-0.15, -0.1) is 0 Å². The van der Waals surface area contributed by atoms with Gasteiger partial charge in [0.15, 0.2) is 5.96 Å². The third-order valence-corrected chi connectivity index (χ3v) is 4.64. The van der Waals surface area contributed by atoms with Gasteiger partial charge in [0.1, 0.15) is 5.82 Å². The summed E-state index contributed by atoms with van der Waals surface area (Å²) < 4.78 is 2.22. The fourth-order valence-electron chi connectivity index (χ4n) is 3.25. The minimum Gasteiger partial charge on any atom is -0.357 e. The SMILES string of the molecule is CCNC(=NCc1ccccc1[N+](=O)[O-])NCCCn1c(C)nc2ccccc21. The van der Waals surface area contributed by atoms with Gasteiger partial charge in [0, 0.05) is 25.7 Å². The van der Waals surface area contributed by atoms with Crippen LogP contribution in [-0.2, 0) is 13.1 Å². The van der Waals surface area contributed by atoms with E-state index in [4.69, 9.17) is 0 Å². The van der Waals surface area contributed by atoms with Gasteiger partial charge < -0.3 is 15.2 Å². The zero-order valence-corrected chi connectivity index (χ0v) is 16.8. The molecule has 29 heavy (non-hydrogen) atoms. The molecule has 0 amide bonds. The highest BCUT2D eigenvalue weighted by atomic mass is 16.6. The molecular formula is C21H26N6O2. The van der Waals surface area contributed by atoms with Crippen molar-refractivity contribution in [1.82, 2.24) is 20.2 Å². The molecule has 0 spiro atoms. The first kappa shape index (κ1) is 20.3. The smallest absolute Gasteiger partial charge is 0.274 e. The molecule has 0 aliphatic carbocycles. The maximum atomic E-state index is 11.2. The van der Waals surface area contributed by atoms with Crippen LogP contribution in [0.2, 0.25) is 0 Å². The van der Waals surface area contributed by atoms with Crippen LogP contribution in [0.25, 0.3) is 11.0 Å². The van der Waals surface area contributed by atoms with Crippen LogP contribution in [0.15, 0.2) is 53.5 Å². The lowest BCUT2D eigenvalue weighted by Gasteiger charge is -2.12. The number of benzene rings is 2. The number of aliphatic imine (C=N–C) groups is 1. The van der Waals surface area contributed by atoms with E-state index in [-0.39, 0.29) is 17.2 Å². The molecule has 3 aromatic rings. The van der Waals surface area contributed by atoms with Crippen molar-refractivity contribution in [2.45, 2.75) is 33.4 Å². The van der Waals surface area contributed by atoms with E-state index >= 15 is 0 Å². The van der Waals surface area contributed by atoms with Crippen LogP contribution >= 0.6 is 0 Å². The van der Waals surface area contributed by atoms with Crippen LogP contribution in [-0.4, -0.2) is 33.5 Å². The number of para-hydroxylation sites is 3. The van der Waals surface area contributed by atoms with Crippen molar-refractivity contribution in [3.63, 3.8) is 0 Å². The Labute approximate surface area is 169 Å². The molecule has 0 aliphatic rings. The first-order valence-electron chi connectivity index (χ1n) is 9.76.